The van der Waals surface area contributed by atoms with Gasteiger partial charge in [-0.25, -0.2) is 0 Å². The summed E-state index contributed by atoms with van der Waals surface area (Å²) in [4.78, 5) is 2.66. The number of piperazine rings is 1. The van der Waals surface area contributed by atoms with Crippen LogP contribution in [0.1, 0.15) is 40.0 Å². The molecule has 0 spiro atoms. The highest BCUT2D eigenvalue weighted by Gasteiger charge is 2.31. The number of hydrogen-bond acceptors (Lipinski definition) is 2. The smallest absolute Gasteiger partial charge is 0.0198 e. The van der Waals surface area contributed by atoms with E-state index >= 15 is 0 Å². The van der Waals surface area contributed by atoms with Crippen LogP contribution in [0, 0.1) is 5.41 Å². The summed E-state index contributed by atoms with van der Waals surface area (Å²) in [6.07, 6.45) is 4.21. The van der Waals surface area contributed by atoms with Crippen LogP contribution in [0.15, 0.2) is 0 Å². The molecule has 1 N–H and O–H groups in total. The topological polar surface area (TPSA) is 15.3 Å². The molecule has 2 bridgehead atoms. The Morgan fingerprint density at radius 1 is 1.14 bits per heavy atom. The molecule has 2 atom stereocenters. The summed E-state index contributed by atoms with van der Waals surface area (Å²) in [6, 6.07) is 1.56. The Labute approximate surface area is 88.1 Å². The minimum absolute atomic E-state index is 0.450. The van der Waals surface area contributed by atoms with Gasteiger partial charge in [0.2, 0.25) is 0 Å². The van der Waals surface area contributed by atoms with Crippen LogP contribution in [0.25, 0.3) is 0 Å². The van der Waals surface area contributed by atoms with Crippen molar-refractivity contribution in [3.05, 3.63) is 0 Å². The highest BCUT2D eigenvalue weighted by atomic mass is 15.2. The molecule has 2 aliphatic rings. The maximum atomic E-state index is 3.73. The number of likely N-dealkylation sites (tertiary alicyclic amines) is 1. The average Bonchev–Trinajstić information content (AvgIpc) is 1.99. The molecule has 0 aromatic heterocycles. The maximum absolute atomic E-state index is 3.73. The van der Waals surface area contributed by atoms with Crippen LogP contribution in [0.5, 0.6) is 0 Å². The molecule has 0 aliphatic carbocycles. The van der Waals surface area contributed by atoms with Gasteiger partial charge < -0.3 is 5.32 Å². The predicted octanol–water partition coefficient (Wildman–Crippen LogP) is 1.86. The lowest BCUT2D eigenvalue weighted by atomic mass is 9.91. The van der Waals surface area contributed by atoms with E-state index in [9.17, 15) is 0 Å². The summed E-state index contributed by atoms with van der Waals surface area (Å²) in [5.74, 6) is 0. The van der Waals surface area contributed by atoms with E-state index in [0.717, 1.165) is 12.1 Å². The van der Waals surface area contributed by atoms with Gasteiger partial charge in [-0.1, -0.05) is 27.2 Å². The summed E-state index contributed by atoms with van der Waals surface area (Å²) >= 11 is 0. The van der Waals surface area contributed by atoms with Crippen molar-refractivity contribution < 1.29 is 0 Å². The van der Waals surface area contributed by atoms with E-state index in [1.807, 2.05) is 0 Å². The van der Waals surface area contributed by atoms with Gasteiger partial charge in [0.15, 0.2) is 0 Å². The normalized spacial score (nSPS) is 34.5. The fourth-order valence-corrected chi connectivity index (χ4v) is 2.90. The number of fused-ring (bicyclic) bond motifs is 2. The zero-order valence-electron chi connectivity index (χ0n) is 9.84. The van der Waals surface area contributed by atoms with Crippen molar-refractivity contribution in [3.8, 4) is 0 Å². The van der Waals surface area contributed by atoms with Crippen molar-refractivity contribution >= 4 is 0 Å². The predicted molar refractivity (Wildman–Crippen MR) is 60.5 cm³/mol. The molecule has 2 heterocycles. The molecule has 0 saturated carbocycles. The molecule has 2 unspecified atom stereocenters. The minimum Gasteiger partial charge on any atom is -0.309 e. The Morgan fingerprint density at radius 2 is 1.71 bits per heavy atom. The molecule has 82 valence electrons. The quantitative estimate of drug-likeness (QED) is 0.688. The summed E-state index contributed by atoms with van der Waals surface area (Å²) < 4.78 is 0. The lowest BCUT2D eigenvalue weighted by Crippen LogP contribution is -2.59. The van der Waals surface area contributed by atoms with Crippen LogP contribution in [0.4, 0.5) is 0 Å². The number of rotatable bonds is 1. The molecule has 2 heteroatoms. The van der Waals surface area contributed by atoms with Gasteiger partial charge >= 0.3 is 0 Å². The van der Waals surface area contributed by atoms with Crippen LogP contribution < -0.4 is 5.32 Å². The Balaban J connectivity index is 1.89. The van der Waals surface area contributed by atoms with Crippen LogP contribution in [-0.2, 0) is 0 Å². The Kier molecular flexibility index (Phi) is 2.85. The second-order valence-electron chi connectivity index (χ2n) is 6.25. The molecular weight excluding hydrogens is 172 g/mol. The van der Waals surface area contributed by atoms with Gasteiger partial charge in [-0.05, 0) is 18.3 Å². The van der Waals surface area contributed by atoms with E-state index in [1.165, 1.54) is 38.9 Å². The second-order valence-corrected chi connectivity index (χ2v) is 6.25. The van der Waals surface area contributed by atoms with Gasteiger partial charge in [0, 0.05) is 31.7 Å². The monoisotopic (exact) mass is 196 g/mol. The molecule has 0 aromatic rings. The molecule has 2 saturated heterocycles. The highest BCUT2D eigenvalue weighted by Crippen LogP contribution is 2.23. The third kappa shape index (κ3) is 2.71. The first kappa shape index (κ1) is 10.4. The van der Waals surface area contributed by atoms with Gasteiger partial charge in [0.25, 0.3) is 0 Å². The summed E-state index contributed by atoms with van der Waals surface area (Å²) in [6.45, 7) is 10.8. The lowest BCUT2D eigenvalue weighted by molar-refractivity contribution is 0.0940. The molecule has 14 heavy (non-hydrogen) atoms. The fraction of sp³-hybridized carbons (Fsp3) is 1.00. The standard InChI is InChI=1S/C12H24N2/c1-12(2,3)9-14-7-10-5-4-6-11(8-14)13-10/h10-11,13H,4-9H2,1-3H3. The molecule has 2 nitrogen and oxygen atoms in total. The van der Waals surface area contributed by atoms with Crippen LogP contribution in [-0.4, -0.2) is 36.6 Å². The van der Waals surface area contributed by atoms with Crippen molar-refractivity contribution in [2.45, 2.75) is 52.1 Å². The van der Waals surface area contributed by atoms with Gasteiger partial charge in [0.1, 0.15) is 0 Å². The zero-order valence-corrected chi connectivity index (χ0v) is 9.84. The Morgan fingerprint density at radius 3 is 2.21 bits per heavy atom. The average molecular weight is 196 g/mol. The first-order valence-electron chi connectivity index (χ1n) is 6.01. The highest BCUT2D eigenvalue weighted by molar-refractivity contribution is 4.90. The number of nitrogens with one attached hydrogen (secondary N) is 1. The van der Waals surface area contributed by atoms with E-state index in [-0.39, 0.29) is 0 Å². The first-order chi connectivity index (χ1) is 6.53. The van der Waals surface area contributed by atoms with E-state index in [4.69, 9.17) is 0 Å². The molecule has 2 rings (SSSR count). The van der Waals surface area contributed by atoms with Gasteiger partial charge in [0.05, 0.1) is 0 Å². The summed E-state index contributed by atoms with van der Waals surface area (Å²) in [5.41, 5.74) is 0.450. The molecule has 0 amide bonds. The first-order valence-corrected chi connectivity index (χ1v) is 6.01. The van der Waals surface area contributed by atoms with Crippen LogP contribution >= 0.6 is 0 Å². The van der Waals surface area contributed by atoms with Crippen molar-refractivity contribution in [2.75, 3.05) is 19.6 Å². The van der Waals surface area contributed by atoms with Gasteiger partial charge in [-0.3, -0.25) is 4.90 Å². The lowest BCUT2D eigenvalue weighted by Gasteiger charge is -2.44. The largest absolute Gasteiger partial charge is 0.309 e. The SMILES string of the molecule is CC(C)(C)CN1CC2CCCC(C1)N2. The van der Waals surface area contributed by atoms with Gasteiger partial charge in [-0.15, -0.1) is 0 Å². The molecule has 2 aliphatic heterocycles. The van der Waals surface area contributed by atoms with Crippen molar-refractivity contribution in [1.29, 1.82) is 0 Å². The van der Waals surface area contributed by atoms with E-state index in [2.05, 4.69) is 31.0 Å². The zero-order chi connectivity index (χ0) is 10.2. The number of piperidine rings is 1. The summed E-state index contributed by atoms with van der Waals surface area (Å²) in [5, 5.41) is 3.73. The fourth-order valence-electron chi connectivity index (χ4n) is 2.90. The van der Waals surface area contributed by atoms with E-state index in [1.54, 1.807) is 0 Å². The third-order valence-corrected chi connectivity index (χ3v) is 3.23. The number of nitrogens with zero attached hydrogens (tertiary/aromatic N) is 1. The summed E-state index contributed by atoms with van der Waals surface area (Å²) in [7, 11) is 0. The Bertz CT molecular complexity index is 183. The second kappa shape index (κ2) is 3.82. The van der Waals surface area contributed by atoms with Crippen molar-refractivity contribution in [3.63, 3.8) is 0 Å². The minimum atomic E-state index is 0.450. The van der Waals surface area contributed by atoms with Crippen LogP contribution in [0.2, 0.25) is 0 Å². The molecule has 2 fully saturated rings. The van der Waals surface area contributed by atoms with Crippen molar-refractivity contribution in [2.24, 2.45) is 5.41 Å². The van der Waals surface area contributed by atoms with Crippen molar-refractivity contribution in [1.82, 2.24) is 10.2 Å². The Hall–Kier alpha value is -0.0800. The molecular formula is C12H24N2. The molecule has 0 aromatic carbocycles. The van der Waals surface area contributed by atoms with Gasteiger partial charge in [-0.2, -0.15) is 0 Å². The van der Waals surface area contributed by atoms with E-state index < -0.39 is 0 Å². The molecule has 0 radical (unpaired) electrons. The number of hydrogen-bond donors (Lipinski definition) is 1. The van der Waals surface area contributed by atoms with E-state index in [0.29, 0.717) is 5.41 Å². The van der Waals surface area contributed by atoms with Crippen LogP contribution in [0.3, 0.4) is 0 Å². The third-order valence-electron chi connectivity index (χ3n) is 3.23. The maximum Gasteiger partial charge on any atom is 0.0198 e.